The third kappa shape index (κ3) is 4.37. The number of hydrogen-bond donors (Lipinski definition) is 3. The number of phenols is 1. The van der Waals surface area contributed by atoms with Gasteiger partial charge in [-0.1, -0.05) is 30.3 Å². The molecule has 2 amide bonds. The number of phenolic OH excluding ortho intramolecular Hbond substituents is 1. The van der Waals surface area contributed by atoms with Crippen LogP contribution >= 0.6 is 11.3 Å². The summed E-state index contributed by atoms with van der Waals surface area (Å²) in [6.45, 7) is 4.03. The number of aromatic hydroxyl groups is 1. The van der Waals surface area contributed by atoms with Gasteiger partial charge in [0.05, 0.1) is 22.2 Å². The van der Waals surface area contributed by atoms with Crippen molar-refractivity contribution in [2.75, 3.05) is 6.54 Å². The maximum absolute atomic E-state index is 13.1. The number of hydrogen-bond acceptors (Lipinski definition) is 6. The topological polar surface area (TPSA) is 103 Å². The van der Waals surface area contributed by atoms with Crippen molar-refractivity contribution in [3.63, 3.8) is 0 Å². The lowest BCUT2D eigenvalue weighted by Gasteiger charge is -2.24. The van der Waals surface area contributed by atoms with Crippen molar-refractivity contribution in [1.29, 1.82) is 0 Å². The number of aryl methyl sites for hydroxylation is 1. The van der Waals surface area contributed by atoms with Gasteiger partial charge < -0.3 is 20.4 Å². The summed E-state index contributed by atoms with van der Waals surface area (Å²) in [5.41, 5.74) is 5.60. The maximum Gasteiger partial charge on any atom is 0.255 e. The van der Waals surface area contributed by atoms with Crippen LogP contribution in [0.5, 0.6) is 5.75 Å². The molecule has 8 heteroatoms. The standard InChI is InChI=1S/C24H25N3O4S/c1-14-19(4-3-5-21(14)29)24(31)27-12-18(28)10-20(27)23(30)25-11-16-6-8-17(9-7-16)22-15(2)26-13-32-22/h3-9,13,18,20,28-29H,10-12H2,1-2H3,(H,25,30)/t18-,20+/m1/s1. The van der Waals surface area contributed by atoms with E-state index in [0.717, 1.165) is 21.7 Å². The number of nitrogens with one attached hydrogen (secondary N) is 1. The summed E-state index contributed by atoms with van der Waals surface area (Å²) in [6.07, 6.45) is -0.590. The second-order valence-corrected chi connectivity index (χ2v) is 8.85. The number of thiazole rings is 1. The molecule has 1 saturated heterocycles. The van der Waals surface area contributed by atoms with Crippen LogP contribution in [0.3, 0.4) is 0 Å². The van der Waals surface area contributed by atoms with Gasteiger partial charge in [-0.3, -0.25) is 9.59 Å². The van der Waals surface area contributed by atoms with Gasteiger partial charge in [0.15, 0.2) is 0 Å². The van der Waals surface area contributed by atoms with Crippen LogP contribution in [-0.2, 0) is 11.3 Å². The van der Waals surface area contributed by atoms with E-state index in [1.807, 2.05) is 36.7 Å². The van der Waals surface area contributed by atoms with Gasteiger partial charge >= 0.3 is 0 Å². The van der Waals surface area contributed by atoms with Crippen LogP contribution < -0.4 is 5.32 Å². The lowest BCUT2D eigenvalue weighted by atomic mass is 10.1. The Balaban J connectivity index is 1.43. The zero-order valence-corrected chi connectivity index (χ0v) is 18.7. The van der Waals surface area contributed by atoms with Crippen LogP contribution in [0.2, 0.25) is 0 Å². The molecule has 166 valence electrons. The molecule has 7 nitrogen and oxygen atoms in total. The molecule has 0 saturated carbocycles. The molecule has 0 bridgehead atoms. The molecule has 1 fully saturated rings. The van der Waals surface area contributed by atoms with E-state index in [4.69, 9.17) is 0 Å². The lowest BCUT2D eigenvalue weighted by molar-refractivity contribution is -0.125. The summed E-state index contributed by atoms with van der Waals surface area (Å²) < 4.78 is 0. The zero-order chi connectivity index (χ0) is 22.8. The van der Waals surface area contributed by atoms with Crippen molar-refractivity contribution < 1.29 is 19.8 Å². The number of carbonyl (C=O) groups excluding carboxylic acids is 2. The van der Waals surface area contributed by atoms with E-state index in [2.05, 4.69) is 10.3 Å². The van der Waals surface area contributed by atoms with Crippen molar-refractivity contribution in [1.82, 2.24) is 15.2 Å². The molecule has 0 unspecified atom stereocenters. The van der Waals surface area contributed by atoms with Gasteiger partial charge in [0.25, 0.3) is 5.91 Å². The number of aliphatic hydroxyl groups is 1. The number of nitrogens with zero attached hydrogens (tertiary/aromatic N) is 2. The number of amides is 2. The first-order valence-electron chi connectivity index (χ1n) is 10.4. The zero-order valence-electron chi connectivity index (χ0n) is 17.9. The molecule has 1 aromatic heterocycles. The minimum absolute atomic E-state index is 0.0218. The van der Waals surface area contributed by atoms with Gasteiger partial charge in [0.1, 0.15) is 11.8 Å². The minimum Gasteiger partial charge on any atom is -0.508 e. The van der Waals surface area contributed by atoms with Crippen LogP contribution in [0.1, 0.15) is 33.6 Å². The molecule has 32 heavy (non-hydrogen) atoms. The van der Waals surface area contributed by atoms with Crippen molar-refractivity contribution in [3.05, 3.63) is 70.4 Å². The van der Waals surface area contributed by atoms with Crippen molar-refractivity contribution in [2.45, 2.75) is 39.0 Å². The monoisotopic (exact) mass is 451 g/mol. The van der Waals surface area contributed by atoms with Gasteiger partial charge in [-0.15, -0.1) is 11.3 Å². The van der Waals surface area contributed by atoms with E-state index < -0.39 is 12.1 Å². The van der Waals surface area contributed by atoms with Crippen LogP contribution in [0, 0.1) is 13.8 Å². The van der Waals surface area contributed by atoms with Gasteiger partial charge in [-0.2, -0.15) is 0 Å². The van der Waals surface area contributed by atoms with E-state index in [-0.39, 0.29) is 30.5 Å². The SMILES string of the molecule is Cc1ncsc1-c1ccc(CNC(=O)[C@@H]2C[C@@H](O)CN2C(=O)c2cccc(O)c2C)cc1. The third-order valence-electron chi connectivity index (χ3n) is 5.81. The number of benzene rings is 2. The van der Waals surface area contributed by atoms with E-state index in [1.165, 1.54) is 11.0 Å². The smallest absolute Gasteiger partial charge is 0.255 e. The van der Waals surface area contributed by atoms with E-state index in [9.17, 15) is 19.8 Å². The average Bonchev–Trinajstić information content (AvgIpc) is 3.39. The fraction of sp³-hybridized carbons (Fsp3) is 0.292. The van der Waals surface area contributed by atoms with Crippen molar-refractivity contribution >= 4 is 23.2 Å². The Labute approximate surface area is 190 Å². The number of carbonyl (C=O) groups is 2. The summed E-state index contributed by atoms with van der Waals surface area (Å²) in [7, 11) is 0. The molecule has 4 rings (SSSR count). The van der Waals surface area contributed by atoms with Gasteiger partial charge in [0.2, 0.25) is 5.91 Å². The molecular formula is C24H25N3O4S. The second kappa shape index (κ2) is 9.10. The predicted molar refractivity (Wildman–Crippen MR) is 122 cm³/mol. The summed E-state index contributed by atoms with van der Waals surface area (Å²) >= 11 is 1.59. The van der Waals surface area contributed by atoms with Crippen LogP contribution in [0.25, 0.3) is 10.4 Å². The molecule has 0 spiro atoms. The Hall–Kier alpha value is -3.23. The number of β-amino-alcohol motifs (C(OH)–C–C–N with tert-alkyl or cyclic N) is 1. The fourth-order valence-electron chi connectivity index (χ4n) is 3.96. The van der Waals surface area contributed by atoms with Crippen LogP contribution in [0.15, 0.2) is 48.0 Å². The number of aliphatic hydroxyl groups excluding tert-OH is 1. The Morgan fingerprint density at radius 2 is 1.94 bits per heavy atom. The molecule has 2 aromatic carbocycles. The maximum atomic E-state index is 13.1. The van der Waals surface area contributed by atoms with Gasteiger partial charge in [-0.25, -0.2) is 4.98 Å². The first-order valence-corrected chi connectivity index (χ1v) is 11.3. The Morgan fingerprint density at radius 3 is 2.62 bits per heavy atom. The summed E-state index contributed by atoms with van der Waals surface area (Å²) in [6, 6.07) is 11.9. The molecule has 2 heterocycles. The molecule has 1 aliphatic rings. The third-order valence-corrected chi connectivity index (χ3v) is 6.78. The Morgan fingerprint density at radius 1 is 1.19 bits per heavy atom. The highest BCUT2D eigenvalue weighted by atomic mass is 32.1. The highest BCUT2D eigenvalue weighted by Crippen LogP contribution is 2.28. The predicted octanol–water partition coefficient (Wildman–Crippen LogP) is 3.02. The molecule has 3 N–H and O–H groups in total. The average molecular weight is 452 g/mol. The van der Waals surface area contributed by atoms with Crippen LogP contribution in [0.4, 0.5) is 0 Å². The molecule has 3 aromatic rings. The largest absolute Gasteiger partial charge is 0.508 e. The highest BCUT2D eigenvalue weighted by molar-refractivity contribution is 7.13. The number of likely N-dealkylation sites (tertiary alicyclic amines) is 1. The summed E-state index contributed by atoms with van der Waals surface area (Å²) in [4.78, 5) is 32.7. The van der Waals surface area contributed by atoms with E-state index >= 15 is 0 Å². The fourth-order valence-corrected chi connectivity index (χ4v) is 4.77. The van der Waals surface area contributed by atoms with E-state index in [1.54, 1.807) is 30.4 Å². The molecular weight excluding hydrogens is 426 g/mol. The Bertz CT molecular complexity index is 1140. The number of aromatic nitrogens is 1. The first-order chi connectivity index (χ1) is 15.3. The van der Waals surface area contributed by atoms with Crippen molar-refractivity contribution in [2.24, 2.45) is 0 Å². The molecule has 0 aliphatic carbocycles. The number of rotatable bonds is 5. The second-order valence-electron chi connectivity index (χ2n) is 7.99. The molecule has 0 radical (unpaired) electrons. The quantitative estimate of drug-likeness (QED) is 0.553. The summed E-state index contributed by atoms with van der Waals surface area (Å²) in [5, 5.41) is 22.9. The minimum atomic E-state index is -0.769. The summed E-state index contributed by atoms with van der Waals surface area (Å²) in [5.74, 6) is -0.664. The molecule has 2 atom stereocenters. The van der Waals surface area contributed by atoms with Crippen molar-refractivity contribution in [3.8, 4) is 16.2 Å². The Kier molecular flexibility index (Phi) is 6.25. The lowest BCUT2D eigenvalue weighted by Crippen LogP contribution is -2.45. The van der Waals surface area contributed by atoms with Gasteiger partial charge in [-0.05, 0) is 37.1 Å². The normalized spacial score (nSPS) is 18.0. The first kappa shape index (κ1) is 22.0. The van der Waals surface area contributed by atoms with Gasteiger partial charge in [0, 0.05) is 30.6 Å². The van der Waals surface area contributed by atoms with Crippen LogP contribution in [-0.4, -0.2) is 50.6 Å². The highest BCUT2D eigenvalue weighted by Gasteiger charge is 2.39. The molecule has 1 aliphatic heterocycles. The van der Waals surface area contributed by atoms with E-state index in [0.29, 0.717) is 17.7 Å².